The molecule has 5 aliphatic rings. The van der Waals surface area contributed by atoms with E-state index in [9.17, 15) is 9.90 Å². The summed E-state index contributed by atoms with van der Waals surface area (Å²) in [6, 6.07) is -0.285. The molecule has 11 heteroatoms. The number of hydrogen-bond acceptors (Lipinski definition) is 9. The molecule has 4 aliphatic carbocycles. The van der Waals surface area contributed by atoms with Gasteiger partial charge < -0.3 is 25.2 Å². The van der Waals surface area contributed by atoms with Crippen molar-refractivity contribution in [2.75, 3.05) is 39.6 Å². The Kier molecular flexibility index (Phi) is 9.04. The van der Waals surface area contributed by atoms with Crippen LogP contribution in [0.5, 0.6) is 0 Å². The zero-order valence-electron chi connectivity index (χ0n) is 32.7. The average Bonchev–Trinajstić information content (AvgIpc) is 3.46. The van der Waals surface area contributed by atoms with Crippen LogP contribution in [0, 0.1) is 62.6 Å². The highest BCUT2D eigenvalue weighted by atomic mass is 16.5. The van der Waals surface area contributed by atoms with Crippen LogP contribution in [0.25, 0.3) is 0 Å². The maximum atomic E-state index is 15.2. The Morgan fingerprint density at radius 3 is 2.38 bits per heavy atom. The molecule has 1 aromatic rings. The molecule has 50 heavy (non-hydrogen) atoms. The SMILES string of the molecule is CC(C)[C@@H](C)[C@@]1(C)CC[C@]2(C)[C@H]3CC[C@@H]4[C@@]5(C)COC[C@@]4(C3=CC(=O)[C@@]2(C)[C@@H]1C(=O)O)[C@@H](OC[C@@](C)(C(C)C)N(C)C)[C@H](n1nnc(N)n1)C5. The first-order valence-corrected chi connectivity index (χ1v) is 19.1. The number of carboxylic acids is 1. The van der Waals surface area contributed by atoms with Gasteiger partial charge in [-0.3, -0.25) is 9.59 Å². The average molecular weight is 697 g/mol. The van der Waals surface area contributed by atoms with E-state index < -0.39 is 39.7 Å². The number of carboxylic acid groups (broad SMARTS) is 1. The number of hydrogen-bond donors (Lipinski definition) is 2. The molecule has 4 fully saturated rings. The second-order valence-corrected chi connectivity index (χ2v) is 19.1. The molecule has 2 heterocycles. The minimum Gasteiger partial charge on any atom is -0.481 e. The van der Waals surface area contributed by atoms with Crippen LogP contribution < -0.4 is 5.73 Å². The summed E-state index contributed by atoms with van der Waals surface area (Å²) in [7, 11) is 4.19. The van der Waals surface area contributed by atoms with Crippen LogP contribution in [0.4, 0.5) is 5.95 Å². The fourth-order valence-corrected chi connectivity index (χ4v) is 12.3. The number of rotatable bonds is 9. The van der Waals surface area contributed by atoms with Gasteiger partial charge in [0.15, 0.2) is 5.78 Å². The standard InChI is InChI=1S/C39H64N6O5/c1-22(2)24(5)35(7)15-16-36(8)25-13-14-28-34(6)18-27(45-42-33(40)41-43-45)31(50-20-37(9,23(3)4)44(11)12)39(28,21-49-19-34)26(25)17-29(46)38(36,10)30(35)32(47)48/h17,22-25,27-28,30-31H,13-16,18-21H2,1-12H3,(H2,40,42)(H,47,48)/t24-,25+,27-,28-,30-,31+,34-,35-,36-,37+,38+,39+/m1/s1. The summed E-state index contributed by atoms with van der Waals surface area (Å²) < 4.78 is 14.0. The van der Waals surface area contributed by atoms with Crippen LogP contribution in [0.15, 0.2) is 11.6 Å². The molecule has 1 aliphatic heterocycles. The molecule has 0 unspecified atom stereocenters. The van der Waals surface area contributed by atoms with E-state index in [0.29, 0.717) is 31.7 Å². The van der Waals surface area contributed by atoms with Crippen molar-refractivity contribution in [2.45, 2.75) is 119 Å². The Morgan fingerprint density at radius 1 is 1.14 bits per heavy atom. The van der Waals surface area contributed by atoms with E-state index in [2.05, 4.69) is 96.7 Å². The zero-order valence-corrected chi connectivity index (χ0v) is 32.7. The number of nitrogen functional groups attached to an aromatic ring is 1. The third-order valence-corrected chi connectivity index (χ3v) is 16.4. The predicted octanol–water partition coefficient (Wildman–Crippen LogP) is 5.93. The number of nitrogens with zero attached hydrogens (tertiary/aromatic N) is 5. The van der Waals surface area contributed by atoms with Crippen LogP contribution in [0.3, 0.4) is 0 Å². The van der Waals surface area contributed by atoms with Crippen LogP contribution in [-0.4, -0.2) is 87.5 Å². The maximum Gasteiger partial charge on any atom is 0.308 e. The molecule has 11 nitrogen and oxygen atoms in total. The second kappa shape index (κ2) is 12.1. The van der Waals surface area contributed by atoms with Gasteiger partial charge in [-0.1, -0.05) is 73.0 Å². The van der Waals surface area contributed by atoms with Crippen LogP contribution in [-0.2, 0) is 19.1 Å². The Labute approximate surface area is 299 Å². The number of tetrazole rings is 1. The largest absolute Gasteiger partial charge is 0.481 e. The number of aromatic nitrogens is 4. The van der Waals surface area contributed by atoms with E-state index in [1.54, 1.807) is 4.80 Å². The number of nitrogens with two attached hydrogens (primary N) is 1. The second-order valence-electron chi connectivity index (χ2n) is 19.1. The van der Waals surface area contributed by atoms with Gasteiger partial charge in [0.2, 0.25) is 0 Å². The summed E-state index contributed by atoms with van der Waals surface area (Å²) in [4.78, 5) is 32.6. The number of carbonyl (C=O) groups excluding carboxylic acids is 1. The lowest BCUT2D eigenvalue weighted by Crippen LogP contribution is -2.71. The van der Waals surface area contributed by atoms with Gasteiger partial charge in [-0.2, -0.15) is 4.80 Å². The Bertz CT molecular complexity index is 1530. The summed E-state index contributed by atoms with van der Waals surface area (Å²) in [6.45, 7) is 23.3. The van der Waals surface area contributed by atoms with E-state index in [1.165, 1.54) is 0 Å². The molecule has 12 atom stereocenters. The first kappa shape index (κ1) is 37.4. The summed E-state index contributed by atoms with van der Waals surface area (Å²) >= 11 is 0. The van der Waals surface area contributed by atoms with E-state index in [4.69, 9.17) is 15.2 Å². The number of allylic oxidation sites excluding steroid dienone is 1. The summed E-state index contributed by atoms with van der Waals surface area (Å²) in [5.41, 5.74) is 3.87. The first-order chi connectivity index (χ1) is 23.1. The molecule has 0 amide bonds. The van der Waals surface area contributed by atoms with Crippen LogP contribution >= 0.6 is 0 Å². The minimum absolute atomic E-state index is 0.00267. The molecule has 0 spiro atoms. The van der Waals surface area contributed by atoms with Crippen LogP contribution in [0.2, 0.25) is 0 Å². The molecule has 1 aromatic heterocycles. The van der Waals surface area contributed by atoms with Crippen molar-refractivity contribution in [2.24, 2.45) is 62.6 Å². The quantitative estimate of drug-likeness (QED) is 0.319. The smallest absolute Gasteiger partial charge is 0.308 e. The van der Waals surface area contributed by atoms with Crippen molar-refractivity contribution in [1.29, 1.82) is 0 Å². The number of ketones is 1. The molecule has 0 radical (unpaired) electrons. The normalized spacial score (nSPS) is 43.1. The number of likely N-dealkylation sites (N-methyl/N-ethyl adjacent to an activating group) is 1. The van der Waals surface area contributed by atoms with Crippen molar-refractivity contribution in [3.05, 3.63) is 11.6 Å². The fourth-order valence-electron chi connectivity index (χ4n) is 12.3. The van der Waals surface area contributed by atoms with Crippen molar-refractivity contribution in [3.63, 3.8) is 0 Å². The first-order valence-electron chi connectivity index (χ1n) is 19.1. The maximum absolute atomic E-state index is 15.2. The van der Waals surface area contributed by atoms with Gasteiger partial charge in [0.1, 0.15) is 6.04 Å². The lowest BCUT2D eigenvalue weighted by atomic mass is 9.34. The monoisotopic (exact) mass is 696 g/mol. The summed E-state index contributed by atoms with van der Waals surface area (Å²) in [6.07, 6.45) is 5.61. The summed E-state index contributed by atoms with van der Waals surface area (Å²) in [5.74, 6) is -0.685. The number of carbonyl (C=O) groups is 2. The van der Waals surface area contributed by atoms with E-state index in [-0.39, 0.29) is 46.5 Å². The van der Waals surface area contributed by atoms with E-state index in [0.717, 1.165) is 37.7 Å². The van der Waals surface area contributed by atoms with E-state index in [1.807, 2.05) is 13.0 Å². The lowest BCUT2D eigenvalue weighted by molar-refractivity contribution is -0.256. The topological polar surface area (TPSA) is 146 Å². The van der Waals surface area contributed by atoms with Crippen LogP contribution in [0.1, 0.15) is 107 Å². The van der Waals surface area contributed by atoms with Crippen molar-refractivity contribution < 1.29 is 24.2 Å². The minimum atomic E-state index is -1.07. The Balaban J connectivity index is 1.55. The highest BCUT2D eigenvalue weighted by Crippen LogP contribution is 2.75. The molecule has 6 rings (SSSR count). The predicted molar refractivity (Wildman–Crippen MR) is 192 cm³/mol. The molecule has 2 bridgehead atoms. The highest BCUT2D eigenvalue weighted by Gasteiger charge is 2.74. The Morgan fingerprint density at radius 2 is 1.82 bits per heavy atom. The number of ether oxygens (including phenoxy) is 2. The van der Waals surface area contributed by atoms with Crippen molar-refractivity contribution >= 4 is 17.7 Å². The third kappa shape index (κ3) is 4.87. The van der Waals surface area contributed by atoms with Gasteiger partial charge in [0, 0.05) is 16.4 Å². The summed E-state index contributed by atoms with van der Waals surface area (Å²) in [5, 5.41) is 24.2. The van der Waals surface area contributed by atoms with Crippen molar-refractivity contribution in [3.8, 4) is 0 Å². The molecular formula is C39H64N6O5. The number of fused-ring (bicyclic) bond motifs is 3. The third-order valence-electron chi connectivity index (χ3n) is 16.4. The molecular weight excluding hydrogens is 632 g/mol. The van der Waals surface area contributed by atoms with Gasteiger partial charge >= 0.3 is 5.97 Å². The van der Waals surface area contributed by atoms with Crippen molar-refractivity contribution in [1.82, 2.24) is 25.1 Å². The zero-order chi connectivity index (χ0) is 37.0. The molecule has 3 saturated carbocycles. The van der Waals surface area contributed by atoms with Gasteiger partial charge in [0.25, 0.3) is 5.95 Å². The molecule has 1 saturated heterocycles. The fraction of sp³-hybridized carbons (Fsp3) is 0.872. The molecule has 280 valence electrons. The van der Waals surface area contributed by atoms with Gasteiger partial charge in [-0.15, -0.1) is 5.10 Å². The highest BCUT2D eigenvalue weighted by molar-refractivity contribution is 6.00. The van der Waals surface area contributed by atoms with Gasteiger partial charge in [-0.25, -0.2) is 0 Å². The number of anilines is 1. The Hall–Kier alpha value is -2.37. The number of aliphatic carboxylic acids is 1. The molecule has 0 aromatic carbocycles. The van der Waals surface area contributed by atoms with Gasteiger partial charge in [0.05, 0.1) is 31.8 Å². The lowest BCUT2D eigenvalue weighted by Gasteiger charge is -2.71. The van der Waals surface area contributed by atoms with Gasteiger partial charge in [-0.05, 0) is 110 Å². The van der Waals surface area contributed by atoms with E-state index >= 15 is 4.79 Å². The molecule has 3 N–H and O–H groups in total.